The minimum absolute atomic E-state index is 0.276. The lowest BCUT2D eigenvalue weighted by molar-refractivity contribution is -0.237. The first-order valence-corrected chi connectivity index (χ1v) is 7.66. The number of esters is 1. The van der Waals surface area contributed by atoms with Gasteiger partial charge in [0, 0.05) is 6.42 Å². The highest BCUT2D eigenvalue weighted by atomic mass is 32.2. The predicted octanol–water partition coefficient (Wildman–Crippen LogP) is 2.62. The van der Waals surface area contributed by atoms with Gasteiger partial charge in [-0.25, -0.2) is 4.79 Å². The standard InChI is InChI=1S/C11H12F6O6S/c1-3-21-8(18)7-6(23-24(19,20)11(15,16)17)4-9(2,5-22-7)10(12,13)14/h3-5H2,1-2H3/t9-/m1/s1. The van der Waals surface area contributed by atoms with Gasteiger partial charge in [0.15, 0.2) is 5.76 Å². The average molecular weight is 386 g/mol. The molecule has 140 valence electrons. The quantitative estimate of drug-likeness (QED) is 0.320. The van der Waals surface area contributed by atoms with Gasteiger partial charge in [-0.15, -0.1) is 0 Å². The molecule has 0 bridgehead atoms. The van der Waals surface area contributed by atoms with Gasteiger partial charge in [-0.1, -0.05) is 0 Å². The molecule has 0 aromatic rings. The van der Waals surface area contributed by atoms with Crippen molar-refractivity contribution in [1.82, 2.24) is 0 Å². The van der Waals surface area contributed by atoms with E-state index in [1.165, 1.54) is 6.92 Å². The molecule has 1 rings (SSSR count). The summed E-state index contributed by atoms with van der Waals surface area (Å²) < 4.78 is 111. The summed E-state index contributed by atoms with van der Waals surface area (Å²) in [6.07, 6.45) is -6.30. The van der Waals surface area contributed by atoms with E-state index in [1.54, 1.807) is 0 Å². The fraction of sp³-hybridized carbons (Fsp3) is 0.727. The van der Waals surface area contributed by atoms with Gasteiger partial charge < -0.3 is 13.7 Å². The van der Waals surface area contributed by atoms with Gasteiger partial charge in [0.05, 0.1) is 6.61 Å². The Bertz CT molecular complexity index is 634. The predicted molar refractivity (Wildman–Crippen MR) is 64.4 cm³/mol. The molecule has 1 heterocycles. The topological polar surface area (TPSA) is 78.9 Å². The van der Waals surface area contributed by atoms with E-state index in [9.17, 15) is 39.6 Å². The minimum atomic E-state index is -6.29. The van der Waals surface area contributed by atoms with Crippen molar-refractivity contribution in [3.05, 3.63) is 11.5 Å². The highest BCUT2D eigenvalue weighted by molar-refractivity contribution is 7.87. The minimum Gasteiger partial charge on any atom is -0.483 e. The maximum Gasteiger partial charge on any atom is 0.534 e. The first-order valence-electron chi connectivity index (χ1n) is 6.25. The van der Waals surface area contributed by atoms with Crippen molar-refractivity contribution in [3.8, 4) is 0 Å². The Morgan fingerprint density at radius 3 is 2.21 bits per heavy atom. The number of rotatable bonds is 4. The molecular weight excluding hydrogens is 374 g/mol. The summed E-state index contributed by atoms with van der Waals surface area (Å²) in [5.41, 5.74) is -8.65. The molecule has 0 N–H and O–H groups in total. The summed E-state index contributed by atoms with van der Waals surface area (Å²) in [5, 5.41) is 0. The summed E-state index contributed by atoms with van der Waals surface area (Å²) in [6.45, 7) is 0.498. The number of alkyl halides is 6. The van der Waals surface area contributed by atoms with E-state index in [-0.39, 0.29) is 6.61 Å². The zero-order valence-corrected chi connectivity index (χ0v) is 13.1. The third kappa shape index (κ3) is 4.05. The summed E-state index contributed by atoms with van der Waals surface area (Å²) in [4.78, 5) is 11.6. The molecule has 0 radical (unpaired) electrons. The van der Waals surface area contributed by atoms with E-state index in [4.69, 9.17) is 0 Å². The smallest absolute Gasteiger partial charge is 0.483 e. The maximum atomic E-state index is 13.0. The van der Waals surface area contributed by atoms with Crippen molar-refractivity contribution in [2.24, 2.45) is 5.41 Å². The SMILES string of the molecule is CCOC(=O)C1=C(OS(=O)(=O)C(F)(F)F)C[C@@](C)(C(F)(F)F)CO1. The van der Waals surface area contributed by atoms with E-state index < -0.39 is 57.7 Å². The van der Waals surface area contributed by atoms with Crippen LogP contribution in [0.2, 0.25) is 0 Å². The Balaban J connectivity index is 3.33. The molecule has 0 aromatic carbocycles. The fourth-order valence-corrected chi connectivity index (χ4v) is 2.09. The lowest BCUT2D eigenvalue weighted by Crippen LogP contribution is -2.44. The number of halogens is 6. The molecule has 0 unspecified atom stereocenters. The van der Waals surface area contributed by atoms with Crippen LogP contribution in [0.1, 0.15) is 20.3 Å². The maximum absolute atomic E-state index is 13.0. The highest BCUT2D eigenvalue weighted by Crippen LogP contribution is 2.47. The number of hydrogen-bond donors (Lipinski definition) is 0. The first-order chi connectivity index (χ1) is 10.6. The molecule has 13 heteroatoms. The first kappa shape index (κ1) is 20.4. The van der Waals surface area contributed by atoms with Crippen molar-refractivity contribution < 1.29 is 53.2 Å². The fourth-order valence-electron chi connectivity index (χ4n) is 1.60. The largest absolute Gasteiger partial charge is 0.534 e. The monoisotopic (exact) mass is 386 g/mol. The van der Waals surface area contributed by atoms with E-state index in [0.717, 1.165) is 0 Å². The van der Waals surface area contributed by atoms with E-state index in [0.29, 0.717) is 6.92 Å². The molecule has 0 amide bonds. The molecule has 0 fully saturated rings. The molecule has 1 aliphatic heterocycles. The normalized spacial score (nSPS) is 22.8. The van der Waals surface area contributed by atoms with Gasteiger partial charge in [-0.05, 0) is 13.8 Å². The lowest BCUT2D eigenvalue weighted by Gasteiger charge is -2.36. The van der Waals surface area contributed by atoms with Crippen molar-refractivity contribution in [1.29, 1.82) is 0 Å². The average Bonchev–Trinajstić information content (AvgIpc) is 2.35. The molecule has 6 nitrogen and oxygen atoms in total. The second kappa shape index (κ2) is 6.33. The number of ether oxygens (including phenoxy) is 2. The Labute approximate surface area is 132 Å². The van der Waals surface area contributed by atoms with Crippen LogP contribution in [0.3, 0.4) is 0 Å². The summed E-state index contributed by atoms with van der Waals surface area (Å²) in [5.74, 6) is -4.00. The van der Waals surface area contributed by atoms with Gasteiger partial charge in [-0.3, -0.25) is 0 Å². The Hall–Kier alpha value is -1.66. The van der Waals surface area contributed by atoms with Gasteiger partial charge in [0.1, 0.15) is 12.0 Å². The van der Waals surface area contributed by atoms with Crippen LogP contribution in [0.25, 0.3) is 0 Å². The molecule has 0 aliphatic carbocycles. The van der Waals surface area contributed by atoms with Gasteiger partial charge in [0.2, 0.25) is 5.76 Å². The second-order valence-corrected chi connectivity index (χ2v) is 6.52. The zero-order valence-electron chi connectivity index (χ0n) is 12.2. The van der Waals surface area contributed by atoms with E-state index >= 15 is 0 Å². The van der Waals surface area contributed by atoms with Gasteiger partial charge in [-0.2, -0.15) is 34.8 Å². The molecule has 0 saturated heterocycles. The van der Waals surface area contributed by atoms with Crippen LogP contribution in [0.4, 0.5) is 26.3 Å². The number of hydrogen-bond acceptors (Lipinski definition) is 6. The van der Waals surface area contributed by atoms with Crippen LogP contribution < -0.4 is 0 Å². The third-order valence-corrected chi connectivity index (χ3v) is 3.97. The van der Waals surface area contributed by atoms with E-state index in [1.807, 2.05) is 0 Å². The van der Waals surface area contributed by atoms with Crippen molar-refractivity contribution >= 4 is 16.1 Å². The summed E-state index contributed by atoms with van der Waals surface area (Å²) in [7, 11) is -6.29. The van der Waals surface area contributed by atoms with Crippen LogP contribution in [0.15, 0.2) is 11.5 Å². The Kier molecular flexibility index (Phi) is 5.38. The van der Waals surface area contributed by atoms with Gasteiger partial charge >= 0.3 is 27.8 Å². The van der Waals surface area contributed by atoms with Crippen molar-refractivity contribution in [3.63, 3.8) is 0 Å². The Morgan fingerprint density at radius 2 is 1.79 bits per heavy atom. The van der Waals surface area contributed by atoms with Gasteiger partial charge in [0.25, 0.3) is 0 Å². The number of allylic oxidation sites excluding steroid dienone is 1. The van der Waals surface area contributed by atoms with Crippen molar-refractivity contribution in [2.75, 3.05) is 13.2 Å². The van der Waals surface area contributed by atoms with Crippen LogP contribution in [0, 0.1) is 5.41 Å². The summed E-state index contributed by atoms with van der Waals surface area (Å²) >= 11 is 0. The summed E-state index contributed by atoms with van der Waals surface area (Å²) in [6, 6.07) is 0. The molecular formula is C11H12F6O6S. The number of carbonyl (C=O) groups excluding carboxylic acids is 1. The molecule has 0 spiro atoms. The van der Waals surface area contributed by atoms with Crippen LogP contribution in [-0.4, -0.2) is 39.3 Å². The lowest BCUT2D eigenvalue weighted by atomic mass is 9.84. The number of carbonyl (C=O) groups is 1. The molecule has 1 atom stereocenters. The molecule has 24 heavy (non-hydrogen) atoms. The second-order valence-electron chi connectivity index (χ2n) is 4.98. The van der Waals surface area contributed by atoms with Crippen LogP contribution >= 0.6 is 0 Å². The molecule has 0 aromatic heterocycles. The van der Waals surface area contributed by atoms with Crippen molar-refractivity contribution in [2.45, 2.75) is 32.0 Å². The highest BCUT2D eigenvalue weighted by Gasteiger charge is 2.57. The van der Waals surface area contributed by atoms with Crippen LogP contribution in [0.5, 0.6) is 0 Å². The Morgan fingerprint density at radius 1 is 1.25 bits per heavy atom. The molecule has 0 saturated carbocycles. The zero-order chi connectivity index (χ0) is 19.0. The molecule has 1 aliphatic rings. The third-order valence-electron chi connectivity index (χ3n) is 2.98. The van der Waals surface area contributed by atoms with Crippen LogP contribution in [-0.2, 0) is 28.6 Å². The van der Waals surface area contributed by atoms with E-state index in [2.05, 4.69) is 13.7 Å².